The van der Waals surface area contributed by atoms with Gasteiger partial charge in [0.1, 0.15) is 12.4 Å². The first-order valence-corrected chi connectivity index (χ1v) is 10.8. The van der Waals surface area contributed by atoms with Crippen molar-refractivity contribution in [1.29, 1.82) is 0 Å². The minimum atomic E-state index is -0.362. The summed E-state index contributed by atoms with van der Waals surface area (Å²) in [5, 5.41) is 14.0. The number of nitrogens with one attached hydrogen (secondary N) is 1. The molecule has 0 aliphatic carbocycles. The Morgan fingerprint density at radius 2 is 2.14 bits per heavy atom. The van der Waals surface area contributed by atoms with Crippen molar-refractivity contribution in [3.63, 3.8) is 0 Å². The van der Waals surface area contributed by atoms with Crippen LogP contribution in [0, 0.1) is 13.8 Å². The third-order valence-electron chi connectivity index (χ3n) is 4.17. The predicted octanol–water partition coefficient (Wildman–Crippen LogP) is 4.24. The number of anilines is 1. The lowest BCUT2D eigenvalue weighted by Gasteiger charge is -2.14. The Morgan fingerprint density at radius 3 is 2.79 bits per heavy atom. The van der Waals surface area contributed by atoms with E-state index in [-0.39, 0.29) is 17.8 Å². The molecule has 0 spiro atoms. The molecule has 1 N–H and O–H groups in total. The summed E-state index contributed by atoms with van der Waals surface area (Å²) in [6.07, 6.45) is 3.43. The summed E-state index contributed by atoms with van der Waals surface area (Å²) in [5.74, 6) is 1.40. The maximum absolute atomic E-state index is 12.4. The first-order valence-electron chi connectivity index (χ1n) is 9.08. The average Bonchev–Trinajstić information content (AvgIpc) is 3.32. The number of benzene rings is 1. The van der Waals surface area contributed by atoms with E-state index in [1.54, 1.807) is 12.3 Å². The Balaban J connectivity index is 1.70. The van der Waals surface area contributed by atoms with Crippen molar-refractivity contribution in [2.75, 3.05) is 5.32 Å². The topological polar surface area (TPSA) is 81.9 Å². The van der Waals surface area contributed by atoms with Crippen LogP contribution in [0.3, 0.4) is 0 Å². The highest BCUT2D eigenvalue weighted by molar-refractivity contribution is 8.00. The second-order valence-corrected chi connectivity index (χ2v) is 8.60. The van der Waals surface area contributed by atoms with Crippen molar-refractivity contribution < 1.29 is 9.53 Å². The van der Waals surface area contributed by atoms with Crippen molar-refractivity contribution in [3.05, 3.63) is 59.4 Å². The van der Waals surface area contributed by atoms with Gasteiger partial charge < -0.3 is 10.1 Å². The lowest BCUT2D eigenvalue weighted by Crippen LogP contribution is -2.23. The normalized spacial score (nSPS) is 11.8. The Hall–Kier alpha value is -2.65. The third-order valence-corrected chi connectivity index (χ3v) is 5.94. The van der Waals surface area contributed by atoms with Crippen LogP contribution in [0.15, 0.2) is 47.6 Å². The SMILES string of the molecule is C=CCn1c(COc2c(C)cccc2C)nnc1S[C@H](C)C(=O)Nc1nccs1. The summed E-state index contributed by atoms with van der Waals surface area (Å²) < 4.78 is 7.94. The molecule has 0 aliphatic heterocycles. The van der Waals surface area contributed by atoms with Crippen LogP contribution in [-0.4, -0.2) is 30.9 Å². The zero-order chi connectivity index (χ0) is 20.8. The number of nitrogens with zero attached hydrogens (tertiary/aromatic N) is 4. The number of hydrogen-bond donors (Lipinski definition) is 1. The van der Waals surface area contributed by atoms with Crippen LogP contribution in [-0.2, 0) is 17.9 Å². The monoisotopic (exact) mass is 429 g/mol. The predicted molar refractivity (Wildman–Crippen MR) is 117 cm³/mol. The van der Waals surface area contributed by atoms with Crippen molar-refractivity contribution in [2.24, 2.45) is 0 Å². The molecule has 1 aromatic carbocycles. The molecule has 9 heteroatoms. The summed E-state index contributed by atoms with van der Waals surface area (Å²) in [6.45, 7) is 10.5. The molecule has 2 aromatic heterocycles. The third kappa shape index (κ3) is 5.24. The van der Waals surface area contributed by atoms with Gasteiger partial charge in [0.05, 0.1) is 5.25 Å². The van der Waals surface area contributed by atoms with Gasteiger partial charge in [-0.1, -0.05) is 36.0 Å². The van der Waals surface area contributed by atoms with E-state index >= 15 is 0 Å². The average molecular weight is 430 g/mol. The number of aromatic nitrogens is 4. The van der Waals surface area contributed by atoms with E-state index in [0.717, 1.165) is 16.9 Å². The fourth-order valence-corrected chi connectivity index (χ4v) is 4.10. The minimum Gasteiger partial charge on any atom is -0.485 e. The van der Waals surface area contributed by atoms with Crippen LogP contribution >= 0.6 is 23.1 Å². The van der Waals surface area contributed by atoms with Gasteiger partial charge in [0.25, 0.3) is 0 Å². The first kappa shape index (κ1) is 21.1. The molecule has 7 nitrogen and oxygen atoms in total. The van der Waals surface area contributed by atoms with Gasteiger partial charge in [-0.2, -0.15) is 0 Å². The van der Waals surface area contributed by atoms with Crippen molar-refractivity contribution in [2.45, 2.75) is 44.3 Å². The Labute approximate surface area is 178 Å². The summed E-state index contributed by atoms with van der Waals surface area (Å²) in [6, 6.07) is 6.03. The Morgan fingerprint density at radius 1 is 1.38 bits per heavy atom. The standard InChI is InChI=1S/C20H23N5O2S2/c1-5-10-25-16(12-27-17-13(2)7-6-8-14(17)3)23-24-20(25)29-15(4)18(26)22-19-21-9-11-28-19/h5-9,11,15H,1,10,12H2,2-4H3,(H,21,22,26)/t15-/m1/s1. The van der Waals surface area contributed by atoms with E-state index in [4.69, 9.17) is 4.74 Å². The maximum atomic E-state index is 12.4. The molecule has 152 valence electrons. The van der Waals surface area contributed by atoms with Crippen LogP contribution in [0.2, 0.25) is 0 Å². The first-order chi connectivity index (χ1) is 14.0. The van der Waals surface area contributed by atoms with E-state index in [2.05, 4.69) is 27.1 Å². The van der Waals surface area contributed by atoms with Crippen LogP contribution < -0.4 is 10.1 Å². The molecule has 0 saturated carbocycles. The fourth-order valence-electron chi connectivity index (χ4n) is 2.69. The highest BCUT2D eigenvalue weighted by Crippen LogP contribution is 2.26. The number of rotatable bonds is 9. The highest BCUT2D eigenvalue weighted by Gasteiger charge is 2.21. The second kappa shape index (κ2) is 9.71. The molecule has 29 heavy (non-hydrogen) atoms. The fraction of sp³-hybridized carbons (Fsp3) is 0.300. The molecule has 0 saturated heterocycles. The molecular weight excluding hydrogens is 406 g/mol. The number of para-hydroxylation sites is 1. The Kier molecular flexibility index (Phi) is 7.05. The highest BCUT2D eigenvalue weighted by atomic mass is 32.2. The number of hydrogen-bond acceptors (Lipinski definition) is 7. The number of carbonyl (C=O) groups excluding carboxylic acids is 1. The van der Waals surface area contributed by atoms with Gasteiger partial charge in [0.2, 0.25) is 5.91 Å². The quantitative estimate of drug-likeness (QED) is 0.405. The van der Waals surface area contributed by atoms with Crippen LogP contribution in [0.25, 0.3) is 0 Å². The number of carbonyl (C=O) groups is 1. The molecule has 1 amide bonds. The smallest absolute Gasteiger partial charge is 0.239 e. The zero-order valence-corrected chi connectivity index (χ0v) is 18.2. The summed E-state index contributed by atoms with van der Waals surface area (Å²) >= 11 is 2.72. The second-order valence-electron chi connectivity index (χ2n) is 6.39. The van der Waals surface area contributed by atoms with E-state index in [1.807, 2.05) is 48.9 Å². The van der Waals surface area contributed by atoms with Gasteiger partial charge >= 0.3 is 0 Å². The number of amides is 1. The largest absolute Gasteiger partial charge is 0.485 e. The summed E-state index contributed by atoms with van der Waals surface area (Å²) in [7, 11) is 0. The van der Waals surface area contributed by atoms with Crippen LogP contribution in [0.1, 0.15) is 23.9 Å². The summed E-state index contributed by atoms with van der Waals surface area (Å²) in [4.78, 5) is 16.5. The van der Waals surface area contributed by atoms with E-state index < -0.39 is 0 Å². The van der Waals surface area contributed by atoms with E-state index in [9.17, 15) is 4.79 Å². The number of aryl methyl sites for hydroxylation is 2. The lowest BCUT2D eigenvalue weighted by atomic mass is 10.1. The zero-order valence-electron chi connectivity index (χ0n) is 16.6. The van der Waals surface area contributed by atoms with Gasteiger partial charge in [0.15, 0.2) is 16.1 Å². The van der Waals surface area contributed by atoms with Crippen molar-refractivity contribution in [1.82, 2.24) is 19.7 Å². The number of thiazole rings is 1. The molecule has 2 heterocycles. The number of allylic oxidation sites excluding steroid dienone is 1. The molecule has 0 bridgehead atoms. The van der Waals surface area contributed by atoms with Crippen molar-refractivity contribution in [3.8, 4) is 5.75 Å². The molecule has 3 aromatic rings. The molecule has 0 radical (unpaired) electrons. The molecular formula is C20H23N5O2S2. The number of ether oxygens (including phenoxy) is 1. The molecule has 0 aliphatic rings. The van der Waals surface area contributed by atoms with Crippen molar-refractivity contribution >= 4 is 34.1 Å². The van der Waals surface area contributed by atoms with Gasteiger partial charge in [-0.3, -0.25) is 9.36 Å². The molecule has 0 fully saturated rings. The lowest BCUT2D eigenvalue weighted by molar-refractivity contribution is -0.115. The van der Waals surface area contributed by atoms with E-state index in [0.29, 0.717) is 22.7 Å². The van der Waals surface area contributed by atoms with Crippen LogP contribution in [0.4, 0.5) is 5.13 Å². The molecule has 1 atom stereocenters. The van der Waals surface area contributed by atoms with Gasteiger partial charge in [0, 0.05) is 18.1 Å². The Bertz CT molecular complexity index is 965. The van der Waals surface area contributed by atoms with Gasteiger partial charge in [-0.05, 0) is 31.9 Å². The van der Waals surface area contributed by atoms with E-state index in [1.165, 1.54) is 23.1 Å². The number of thioether (sulfide) groups is 1. The molecule has 3 rings (SSSR count). The minimum absolute atomic E-state index is 0.133. The van der Waals surface area contributed by atoms with Gasteiger partial charge in [-0.25, -0.2) is 4.98 Å². The maximum Gasteiger partial charge on any atom is 0.239 e. The molecule has 0 unspecified atom stereocenters. The summed E-state index contributed by atoms with van der Waals surface area (Å²) in [5.41, 5.74) is 2.14. The van der Waals surface area contributed by atoms with Gasteiger partial charge in [-0.15, -0.1) is 28.1 Å². The van der Waals surface area contributed by atoms with Crippen LogP contribution in [0.5, 0.6) is 5.75 Å².